The van der Waals surface area contributed by atoms with Crippen molar-refractivity contribution in [1.82, 2.24) is 4.90 Å². The third kappa shape index (κ3) is 17.4. The molecule has 0 unspecified atom stereocenters. The molecule has 0 aliphatic heterocycles. The van der Waals surface area contributed by atoms with E-state index in [4.69, 9.17) is 35.6 Å². The quantitative estimate of drug-likeness (QED) is 0.129. The van der Waals surface area contributed by atoms with Crippen molar-refractivity contribution < 1.29 is 28.5 Å². The van der Waals surface area contributed by atoms with Gasteiger partial charge in [0.15, 0.2) is 0 Å². The van der Waals surface area contributed by atoms with E-state index in [-0.39, 0.29) is 6.54 Å². The van der Waals surface area contributed by atoms with Gasteiger partial charge in [-0.25, -0.2) is 4.79 Å². The average Bonchev–Trinajstić information content (AvgIpc) is 2.62. The number of rotatable bonds is 16. The second-order valence-electron chi connectivity index (χ2n) is 6.51. The van der Waals surface area contributed by atoms with Crippen LogP contribution in [0.1, 0.15) is 20.8 Å². The molecule has 0 spiro atoms. The monoisotopic (exact) mass is 400 g/mol. The van der Waals surface area contributed by atoms with Gasteiger partial charge in [-0.3, -0.25) is 4.90 Å². The molecule has 0 aromatic rings. The second-order valence-corrected chi connectivity index (χ2v) is 6.51. The van der Waals surface area contributed by atoms with Crippen LogP contribution in [0.25, 0.3) is 10.4 Å². The molecule has 0 heterocycles. The van der Waals surface area contributed by atoms with Gasteiger partial charge >= 0.3 is 6.09 Å². The van der Waals surface area contributed by atoms with Gasteiger partial charge in [0.05, 0.1) is 59.4 Å². The zero-order chi connectivity index (χ0) is 21.1. The third-order valence-electron chi connectivity index (χ3n) is 2.95. The lowest BCUT2D eigenvalue weighted by molar-refractivity contribution is -0.00576. The van der Waals surface area contributed by atoms with Crippen LogP contribution in [0.3, 0.4) is 0 Å². The van der Waals surface area contributed by atoms with E-state index in [1.54, 1.807) is 20.8 Å². The van der Waals surface area contributed by atoms with E-state index >= 15 is 0 Å². The lowest BCUT2D eigenvalue weighted by Crippen LogP contribution is -2.39. The molecule has 0 fully saturated rings. The Morgan fingerprint density at radius 1 is 1.00 bits per heavy atom. The Bertz CT molecular complexity index is 497. The standard InChI is InChI=1S/C18H32N4O6/c1-5-7-22(17(23)28-18(2,3)4)8-10-25-12-14-27-16-15-26-13-11-24-9-6-20-21-19/h1H,6-16H2,2-4H3. The van der Waals surface area contributed by atoms with Crippen molar-refractivity contribution in [3.8, 4) is 12.3 Å². The van der Waals surface area contributed by atoms with Crippen molar-refractivity contribution in [3.05, 3.63) is 10.4 Å². The predicted molar refractivity (Wildman–Crippen MR) is 104 cm³/mol. The van der Waals surface area contributed by atoms with Crippen molar-refractivity contribution >= 4 is 6.09 Å². The number of terminal acetylenes is 1. The molecular formula is C18H32N4O6. The van der Waals surface area contributed by atoms with Gasteiger partial charge in [-0.2, -0.15) is 0 Å². The van der Waals surface area contributed by atoms with Gasteiger partial charge in [0, 0.05) is 18.0 Å². The molecule has 0 radical (unpaired) electrons. The van der Waals surface area contributed by atoms with Crippen molar-refractivity contribution in [1.29, 1.82) is 0 Å². The molecule has 0 rings (SSSR count). The van der Waals surface area contributed by atoms with Gasteiger partial charge in [0.1, 0.15) is 5.60 Å². The predicted octanol–water partition coefficient (Wildman–Crippen LogP) is 2.23. The summed E-state index contributed by atoms with van der Waals surface area (Å²) >= 11 is 0. The van der Waals surface area contributed by atoms with Gasteiger partial charge in [0.2, 0.25) is 0 Å². The van der Waals surface area contributed by atoms with Crippen molar-refractivity contribution in [3.63, 3.8) is 0 Å². The molecule has 0 aliphatic carbocycles. The normalized spacial score (nSPS) is 10.8. The molecule has 0 saturated heterocycles. The van der Waals surface area contributed by atoms with Gasteiger partial charge < -0.3 is 23.7 Å². The van der Waals surface area contributed by atoms with Crippen LogP contribution in [0.5, 0.6) is 0 Å². The van der Waals surface area contributed by atoms with Crippen LogP contribution in [-0.2, 0) is 23.7 Å². The molecule has 0 aliphatic rings. The van der Waals surface area contributed by atoms with Crippen LogP contribution in [0, 0.1) is 12.3 Å². The van der Waals surface area contributed by atoms with Crippen LogP contribution >= 0.6 is 0 Å². The lowest BCUT2D eigenvalue weighted by Gasteiger charge is -2.26. The van der Waals surface area contributed by atoms with Crippen LogP contribution in [0.2, 0.25) is 0 Å². The highest BCUT2D eigenvalue weighted by atomic mass is 16.6. The van der Waals surface area contributed by atoms with Gasteiger partial charge in [-0.1, -0.05) is 11.0 Å². The van der Waals surface area contributed by atoms with E-state index in [9.17, 15) is 4.79 Å². The van der Waals surface area contributed by atoms with Crippen LogP contribution in [0.4, 0.5) is 4.79 Å². The first kappa shape index (κ1) is 26.0. The molecule has 28 heavy (non-hydrogen) atoms. The van der Waals surface area contributed by atoms with E-state index in [1.807, 2.05) is 0 Å². The van der Waals surface area contributed by atoms with Crippen LogP contribution < -0.4 is 0 Å². The number of hydrogen-bond donors (Lipinski definition) is 0. The fourth-order valence-corrected chi connectivity index (χ4v) is 1.76. The summed E-state index contributed by atoms with van der Waals surface area (Å²) in [5.41, 5.74) is 7.52. The Balaban J connectivity index is 3.55. The minimum atomic E-state index is -0.571. The van der Waals surface area contributed by atoms with Crippen molar-refractivity contribution in [2.24, 2.45) is 5.11 Å². The van der Waals surface area contributed by atoms with Crippen molar-refractivity contribution in [2.45, 2.75) is 26.4 Å². The first-order valence-corrected chi connectivity index (χ1v) is 9.14. The summed E-state index contributed by atoms with van der Waals surface area (Å²) in [6, 6.07) is 0. The molecule has 10 heteroatoms. The highest BCUT2D eigenvalue weighted by Gasteiger charge is 2.21. The summed E-state index contributed by atoms with van der Waals surface area (Å²) in [5.74, 6) is 2.44. The zero-order valence-corrected chi connectivity index (χ0v) is 17.1. The number of amides is 1. The van der Waals surface area contributed by atoms with Crippen LogP contribution in [0.15, 0.2) is 5.11 Å². The first-order valence-electron chi connectivity index (χ1n) is 9.14. The zero-order valence-electron chi connectivity index (χ0n) is 17.1. The molecular weight excluding hydrogens is 368 g/mol. The molecule has 0 N–H and O–H groups in total. The van der Waals surface area contributed by atoms with Gasteiger partial charge in [0.25, 0.3) is 0 Å². The average molecular weight is 400 g/mol. The maximum Gasteiger partial charge on any atom is 0.411 e. The van der Waals surface area contributed by atoms with Gasteiger partial charge in [-0.05, 0) is 26.3 Å². The highest BCUT2D eigenvalue weighted by molar-refractivity contribution is 5.68. The molecule has 10 nitrogen and oxygen atoms in total. The molecule has 160 valence electrons. The maximum atomic E-state index is 12.0. The Labute approximate surface area is 167 Å². The molecule has 1 amide bonds. The first-order chi connectivity index (χ1) is 13.4. The smallest absolute Gasteiger partial charge is 0.411 e. The topological polar surface area (TPSA) is 115 Å². The Hall–Kier alpha value is -2.02. The van der Waals surface area contributed by atoms with Gasteiger partial charge in [-0.15, -0.1) is 6.42 Å². The van der Waals surface area contributed by atoms with E-state index in [0.717, 1.165) is 0 Å². The third-order valence-corrected chi connectivity index (χ3v) is 2.95. The molecule has 0 saturated carbocycles. The second kappa shape index (κ2) is 17.1. The SMILES string of the molecule is C#CCN(CCOCCOCCOCCOCCN=[N+]=[N-])C(=O)OC(C)(C)C. The minimum absolute atomic E-state index is 0.168. The highest BCUT2D eigenvalue weighted by Crippen LogP contribution is 2.09. The number of ether oxygens (including phenoxy) is 5. The summed E-state index contributed by atoms with van der Waals surface area (Å²) in [4.78, 5) is 16.1. The number of carbonyl (C=O) groups excluding carboxylic acids is 1. The summed E-state index contributed by atoms with van der Waals surface area (Å²) in [5, 5.41) is 3.35. The van der Waals surface area contributed by atoms with E-state index < -0.39 is 11.7 Å². The maximum absolute atomic E-state index is 12.0. The summed E-state index contributed by atoms with van der Waals surface area (Å²) in [7, 11) is 0. The molecule has 0 aromatic heterocycles. The molecule has 0 aromatic carbocycles. The van der Waals surface area contributed by atoms with Crippen molar-refractivity contribution in [2.75, 3.05) is 72.5 Å². The number of hydrogen-bond acceptors (Lipinski definition) is 7. The Morgan fingerprint density at radius 2 is 1.50 bits per heavy atom. The summed E-state index contributed by atoms with van der Waals surface area (Å²) < 4.78 is 26.6. The van der Waals surface area contributed by atoms with Crippen LogP contribution in [-0.4, -0.2) is 89.1 Å². The summed E-state index contributed by atoms with van der Waals surface area (Å²) in [6.07, 6.45) is 4.84. The molecule has 0 atom stereocenters. The summed E-state index contributed by atoms with van der Waals surface area (Å²) in [6.45, 7) is 9.58. The number of azide groups is 1. The number of nitrogens with zero attached hydrogens (tertiary/aromatic N) is 4. The fraction of sp³-hybridized carbons (Fsp3) is 0.833. The molecule has 0 bridgehead atoms. The van der Waals surface area contributed by atoms with E-state index in [1.165, 1.54) is 4.90 Å². The minimum Gasteiger partial charge on any atom is -0.444 e. The van der Waals surface area contributed by atoms with E-state index in [0.29, 0.717) is 65.9 Å². The van der Waals surface area contributed by atoms with E-state index in [2.05, 4.69) is 15.9 Å². The Morgan fingerprint density at radius 3 is 1.96 bits per heavy atom. The Kier molecular flexibility index (Phi) is 15.9. The fourth-order valence-electron chi connectivity index (χ4n) is 1.76. The number of carbonyl (C=O) groups is 1. The largest absolute Gasteiger partial charge is 0.444 e. The lowest BCUT2D eigenvalue weighted by atomic mass is 10.2.